The van der Waals surface area contributed by atoms with Crippen molar-refractivity contribution in [3.63, 3.8) is 0 Å². The molecule has 0 aliphatic rings. The molecule has 0 saturated heterocycles. The van der Waals surface area contributed by atoms with Gasteiger partial charge in [0.1, 0.15) is 32.8 Å². The zero-order chi connectivity index (χ0) is 33.3. The summed E-state index contributed by atoms with van der Waals surface area (Å²) >= 11 is 1.09. The summed E-state index contributed by atoms with van der Waals surface area (Å²) in [4.78, 5) is -0.424. The Balaban J connectivity index is 0.000000240. The summed E-state index contributed by atoms with van der Waals surface area (Å²) in [7, 11) is -9.13. The van der Waals surface area contributed by atoms with E-state index in [-0.39, 0.29) is 60.4 Å². The van der Waals surface area contributed by atoms with E-state index in [1.165, 1.54) is 39.8 Å². The standard InChI is InChI=1S/2C12H12O8S2/c1-5-8(21-20-19-15)3-7-4-9(22(16,17)18)6(2)12(14)10(7)11(5)13;1-5-3-9(22(16,17)18)7-4-8(21-20-19-15)6(2)12(14)10(7)11(5)13/h2*3-4,13-15H,1-2H3,(H,16,17,18). The number of phenols is 4. The zero-order valence-corrected chi connectivity index (χ0v) is 26.1. The molecule has 0 amide bonds. The van der Waals surface area contributed by atoms with E-state index in [1.807, 2.05) is 0 Å². The molecule has 4 aromatic rings. The van der Waals surface area contributed by atoms with Crippen LogP contribution in [0, 0.1) is 27.7 Å². The smallest absolute Gasteiger partial charge is 0.295 e. The highest BCUT2D eigenvalue weighted by Crippen LogP contribution is 2.45. The van der Waals surface area contributed by atoms with Crippen LogP contribution < -0.4 is 0 Å². The van der Waals surface area contributed by atoms with Crippen LogP contribution in [-0.4, -0.2) is 56.9 Å². The van der Waals surface area contributed by atoms with Gasteiger partial charge in [0.15, 0.2) is 0 Å². The van der Waals surface area contributed by atoms with E-state index in [0.29, 0.717) is 34.5 Å². The van der Waals surface area contributed by atoms with Crippen LogP contribution in [0.5, 0.6) is 23.0 Å². The van der Waals surface area contributed by atoms with Crippen molar-refractivity contribution in [2.24, 2.45) is 0 Å². The third-order valence-electron chi connectivity index (χ3n) is 6.38. The Morgan fingerprint density at radius 2 is 1.05 bits per heavy atom. The van der Waals surface area contributed by atoms with Crippen LogP contribution in [0.1, 0.15) is 22.3 Å². The molecule has 0 unspecified atom stereocenters. The lowest BCUT2D eigenvalue weighted by Crippen LogP contribution is -2.02. The number of rotatable bonds is 8. The Morgan fingerprint density at radius 1 is 0.591 bits per heavy atom. The maximum atomic E-state index is 11.5. The second kappa shape index (κ2) is 13.5. The van der Waals surface area contributed by atoms with E-state index in [9.17, 15) is 46.4 Å². The first kappa shape index (κ1) is 35.4. The van der Waals surface area contributed by atoms with Crippen molar-refractivity contribution < 1.29 is 75.6 Å². The number of benzene rings is 4. The highest BCUT2D eigenvalue weighted by Gasteiger charge is 2.24. The molecule has 20 heteroatoms. The van der Waals surface area contributed by atoms with Crippen molar-refractivity contribution in [1.82, 2.24) is 0 Å². The molecule has 0 bridgehead atoms. The van der Waals surface area contributed by atoms with Crippen molar-refractivity contribution in [1.29, 1.82) is 0 Å². The van der Waals surface area contributed by atoms with Crippen molar-refractivity contribution in [2.45, 2.75) is 47.3 Å². The monoisotopic (exact) mass is 696 g/mol. The van der Waals surface area contributed by atoms with Crippen LogP contribution in [-0.2, 0) is 39.0 Å². The average Bonchev–Trinajstić information content (AvgIpc) is 2.93. The molecule has 0 fully saturated rings. The van der Waals surface area contributed by atoms with Gasteiger partial charge in [0, 0.05) is 31.9 Å². The Bertz CT molecular complexity index is 1980. The molecule has 0 saturated carbocycles. The van der Waals surface area contributed by atoms with E-state index < -0.39 is 35.8 Å². The largest absolute Gasteiger partial charge is 0.507 e. The quantitative estimate of drug-likeness (QED) is 0.0516. The van der Waals surface area contributed by atoms with E-state index in [4.69, 9.17) is 10.5 Å². The second-order valence-electron chi connectivity index (χ2n) is 9.01. The molecule has 0 aliphatic heterocycles. The summed E-state index contributed by atoms with van der Waals surface area (Å²) < 4.78 is 72.9. The molecule has 240 valence electrons. The van der Waals surface area contributed by atoms with Crippen molar-refractivity contribution in [3.05, 3.63) is 46.5 Å². The molecule has 0 aromatic heterocycles. The Kier molecular flexibility index (Phi) is 10.8. The fraction of sp³-hybridized carbons (Fsp3) is 0.167. The van der Waals surface area contributed by atoms with Gasteiger partial charge in [-0.3, -0.25) is 9.11 Å². The summed E-state index contributed by atoms with van der Waals surface area (Å²) in [6.45, 7) is 5.76. The second-order valence-corrected chi connectivity index (χ2v) is 13.3. The first-order valence-electron chi connectivity index (χ1n) is 11.6. The predicted octanol–water partition coefficient (Wildman–Crippen LogP) is 5.09. The third kappa shape index (κ3) is 7.06. The molecule has 8 N–H and O–H groups in total. The van der Waals surface area contributed by atoms with Crippen molar-refractivity contribution >= 4 is 65.9 Å². The number of phenolic OH excluding ortho intramolecular Hbond substituents is 4. The van der Waals surface area contributed by atoms with Crippen molar-refractivity contribution in [2.75, 3.05) is 0 Å². The molecule has 0 atom stereocenters. The van der Waals surface area contributed by atoms with Gasteiger partial charge in [-0.1, -0.05) is 10.1 Å². The van der Waals surface area contributed by atoms with Gasteiger partial charge in [0.25, 0.3) is 20.2 Å². The van der Waals surface area contributed by atoms with Gasteiger partial charge in [0.05, 0.1) is 34.9 Å². The fourth-order valence-corrected chi connectivity index (χ4v) is 6.67. The molecule has 44 heavy (non-hydrogen) atoms. The third-order valence-corrected chi connectivity index (χ3v) is 9.72. The van der Waals surface area contributed by atoms with E-state index in [2.05, 4.69) is 18.7 Å². The van der Waals surface area contributed by atoms with Gasteiger partial charge in [0.2, 0.25) is 0 Å². The van der Waals surface area contributed by atoms with Crippen LogP contribution in [0.4, 0.5) is 0 Å². The maximum absolute atomic E-state index is 11.5. The molecule has 16 nitrogen and oxygen atoms in total. The molecule has 0 heterocycles. The van der Waals surface area contributed by atoms with Gasteiger partial charge >= 0.3 is 0 Å². The lowest BCUT2D eigenvalue weighted by molar-refractivity contribution is -0.432. The van der Waals surface area contributed by atoms with Crippen LogP contribution in [0.2, 0.25) is 0 Å². The molecule has 0 aliphatic carbocycles. The zero-order valence-electron chi connectivity index (χ0n) is 22.8. The van der Waals surface area contributed by atoms with Gasteiger partial charge in [-0.15, -0.1) is 8.67 Å². The Morgan fingerprint density at radius 3 is 1.52 bits per heavy atom. The summed E-state index contributed by atoms with van der Waals surface area (Å²) in [5, 5.41) is 63.9. The minimum absolute atomic E-state index is 0.0386. The summed E-state index contributed by atoms with van der Waals surface area (Å²) in [5.74, 6) is -1.43. The van der Waals surface area contributed by atoms with Gasteiger partial charge in [-0.2, -0.15) is 16.8 Å². The number of hydrogen-bond donors (Lipinski definition) is 8. The van der Waals surface area contributed by atoms with Gasteiger partial charge in [-0.05, 0) is 62.9 Å². The molecule has 0 radical (unpaired) electrons. The highest BCUT2D eigenvalue weighted by atomic mass is 32.2. The number of aryl methyl sites for hydroxylation is 1. The van der Waals surface area contributed by atoms with Crippen LogP contribution in [0.3, 0.4) is 0 Å². The topological polar surface area (TPSA) is 267 Å². The lowest BCUT2D eigenvalue weighted by Gasteiger charge is -2.14. The summed E-state index contributed by atoms with van der Waals surface area (Å²) in [6.07, 6.45) is 0. The summed E-state index contributed by atoms with van der Waals surface area (Å²) in [5.41, 5.74) is 0.672. The van der Waals surface area contributed by atoms with Crippen LogP contribution in [0.25, 0.3) is 21.5 Å². The number of aromatic hydroxyl groups is 4. The lowest BCUT2D eigenvalue weighted by atomic mass is 10.0. The molecular formula is C24H24O16S4. The maximum Gasteiger partial charge on any atom is 0.295 e. The average molecular weight is 697 g/mol. The molecule has 4 aromatic carbocycles. The number of hydrogen-bond acceptors (Lipinski definition) is 16. The van der Waals surface area contributed by atoms with E-state index in [0.717, 1.165) is 12.1 Å². The van der Waals surface area contributed by atoms with E-state index in [1.54, 1.807) is 0 Å². The molecule has 4 rings (SSSR count). The Hall–Kier alpha value is -3.12. The van der Waals surface area contributed by atoms with Crippen LogP contribution in [0.15, 0.2) is 43.8 Å². The summed E-state index contributed by atoms with van der Waals surface area (Å²) in [6, 6.07) is 4.88. The highest BCUT2D eigenvalue weighted by molar-refractivity contribution is 7.94. The first-order valence-corrected chi connectivity index (χ1v) is 15.9. The van der Waals surface area contributed by atoms with Gasteiger partial charge in [-0.25, -0.2) is 10.5 Å². The fourth-order valence-electron chi connectivity index (χ4n) is 4.15. The predicted molar refractivity (Wildman–Crippen MR) is 154 cm³/mol. The minimum Gasteiger partial charge on any atom is -0.507 e. The molecule has 0 spiro atoms. The number of fused-ring (bicyclic) bond motifs is 2. The van der Waals surface area contributed by atoms with Crippen LogP contribution >= 0.6 is 24.1 Å². The normalized spacial score (nSPS) is 12.0. The SMILES string of the molecule is Cc1c(SOOO)cc2cc(S(=O)(=O)O)c(C)c(O)c2c1O.Cc1cc(S(=O)(=O)O)c2cc(SOOO)c(C)c(O)c2c1O. The minimum atomic E-state index is -4.59. The van der Waals surface area contributed by atoms with Gasteiger partial charge < -0.3 is 20.4 Å². The molecular weight excluding hydrogens is 673 g/mol. The van der Waals surface area contributed by atoms with E-state index >= 15 is 0 Å². The first-order chi connectivity index (χ1) is 20.4. The Labute approximate surface area is 257 Å². The van der Waals surface area contributed by atoms with Crippen molar-refractivity contribution in [3.8, 4) is 23.0 Å².